The number of para-hydroxylation sites is 1. The number of halogens is 2. The van der Waals surface area contributed by atoms with E-state index in [4.69, 9.17) is 0 Å². The molecule has 8 heteroatoms. The highest BCUT2D eigenvalue weighted by atomic mass is 32.2. The third kappa shape index (κ3) is 4.27. The molecule has 2 aromatic carbocycles. The lowest BCUT2D eigenvalue weighted by atomic mass is 10.1. The second kappa shape index (κ2) is 7.52. The Kier molecular flexibility index (Phi) is 5.18. The molecule has 1 aliphatic rings. The van der Waals surface area contributed by atoms with E-state index in [1.165, 1.54) is 17.8 Å². The Morgan fingerprint density at radius 3 is 2.88 bits per heavy atom. The Hall–Kier alpha value is -2.61. The van der Waals surface area contributed by atoms with Crippen LogP contribution >= 0.6 is 11.8 Å². The van der Waals surface area contributed by atoms with Gasteiger partial charge >= 0.3 is 6.61 Å². The van der Waals surface area contributed by atoms with E-state index in [2.05, 4.69) is 15.4 Å². The molecule has 0 spiro atoms. The second-order valence-corrected chi connectivity index (χ2v) is 6.23. The molecular weight excluding hydrogens is 350 g/mol. The van der Waals surface area contributed by atoms with Gasteiger partial charge < -0.3 is 15.4 Å². The number of ether oxygens (including phenoxy) is 1. The third-order valence-electron chi connectivity index (χ3n) is 3.50. The van der Waals surface area contributed by atoms with E-state index < -0.39 is 6.61 Å². The van der Waals surface area contributed by atoms with Gasteiger partial charge in [0.05, 0.1) is 11.4 Å². The monoisotopic (exact) mass is 364 g/mol. The van der Waals surface area contributed by atoms with E-state index >= 15 is 0 Å². The van der Waals surface area contributed by atoms with Gasteiger partial charge in [-0.3, -0.25) is 9.59 Å². The van der Waals surface area contributed by atoms with E-state index in [1.54, 1.807) is 36.4 Å². The Labute approximate surface area is 146 Å². The van der Waals surface area contributed by atoms with Gasteiger partial charge in [0.15, 0.2) is 0 Å². The first-order chi connectivity index (χ1) is 12.0. The Morgan fingerprint density at radius 2 is 2.08 bits per heavy atom. The summed E-state index contributed by atoms with van der Waals surface area (Å²) in [6.07, 6.45) is 0. The molecule has 0 fully saturated rings. The molecular formula is C17H14F2N2O3S. The van der Waals surface area contributed by atoms with Crippen molar-refractivity contribution in [1.82, 2.24) is 5.32 Å². The molecule has 0 bridgehead atoms. The second-order valence-electron chi connectivity index (χ2n) is 5.22. The summed E-state index contributed by atoms with van der Waals surface area (Å²) in [5.41, 5.74) is 1.40. The average Bonchev–Trinajstić information content (AvgIpc) is 2.59. The van der Waals surface area contributed by atoms with Crippen LogP contribution in [-0.4, -0.2) is 24.2 Å². The molecule has 130 valence electrons. The third-order valence-corrected chi connectivity index (χ3v) is 4.58. The van der Waals surface area contributed by atoms with Crippen LogP contribution in [0.5, 0.6) is 5.75 Å². The molecule has 1 heterocycles. The smallest absolute Gasteiger partial charge is 0.387 e. The van der Waals surface area contributed by atoms with Gasteiger partial charge in [0.1, 0.15) is 5.75 Å². The van der Waals surface area contributed by atoms with Gasteiger partial charge in [-0.2, -0.15) is 8.78 Å². The predicted molar refractivity (Wildman–Crippen MR) is 90.0 cm³/mol. The lowest BCUT2D eigenvalue weighted by Gasteiger charge is -2.17. The minimum atomic E-state index is -2.93. The minimum absolute atomic E-state index is 0.0203. The van der Waals surface area contributed by atoms with Gasteiger partial charge in [-0.1, -0.05) is 18.2 Å². The summed E-state index contributed by atoms with van der Waals surface area (Å²) in [5.74, 6) is -0.126. The standard InChI is InChI=1S/C17H14F2N2O3S/c18-17(19)24-13-4-2-1-3-11(13)8-20-16(23)10-5-6-14-12(7-10)21-15(22)9-25-14/h1-7,17H,8-9H2,(H,20,23)(H,21,22). The summed E-state index contributed by atoms with van der Waals surface area (Å²) in [4.78, 5) is 24.6. The van der Waals surface area contributed by atoms with E-state index in [9.17, 15) is 18.4 Å². The maximum Gasteiger partial charge on any atom is 0.387 e. The zero-order valence-electron chi connectivity index (χ0n) is 12.9. The van der Waals surface area contributed by atoms with Crippen molar-refractivity contribution >= 4 is 29.3 Å². The van der Waals surface area contributed by atoms with Crippen molar-refractivity contribution in [3.8, 4) is 5.75 Å². The van der Waals surface area contributed by atoms with Crippen LogP contribution in [0.3, 0.4) is 0 Å². The van der Waals surface area contributed by atoms with Gasteiger partial charge in [0, 0.05) is 22.6 Å². The normalized spacial score (nSPS) is 13.2. The fraction of sp³-hybridized carbons (Fsp3) is 0.176. The number of nitrogens with one attached hydrogen (secondary N) is 2. The molecule has 2 N–H and O–H groups in total. The summed E-state index contributed by atoms with van der Waals surface area (Å²) in [6, 6.07) is 11.3. The lowest BCUT2D eigenvalue weighted by Crippen LogP contribution is -2.24. The van der Waals surface area contributed by atoms with Gasteiger partial charge in [-0.05, 0) is 24.3 Å². The highest BCUT2D eigenvalue weighted by Crippen LogP contribution is 2.32. The molecule has 0 radical (unpaired) electrons. The number of anilines is 1. The van der Waals surface area contributed by atoms with E-state index in [1.807, 2.05) is 0 Å². The quantitative estimate of drug-likeness (QED) is 0.855. The molecule has 0 aliphatic carbocycles. The molecule has 0 atom stereocenters. The number of alkyl halides is 2. The Morgan fingerprint density at radius 1 is 1.28 bits per heavy atom. The number of hydrogen-bond donors (Lipinski definition) is 2. The first-order valence-electron chi connectivity index (χ1n) is 7.40. The Balaban J connectivity index is 1.69. The van der Waals surface area contributed by atoms with Crippen molar-refractivity contribution in [3.05, 3.63) is 53.6 Å². The molecule has 0 aromatic heterocycles. The Bertz CT molecular complexity index is 814. The van der Waals surface area contributed by atoms with Gasteiger partial charge in [0.25, 0.3) is 5.91 Å². The predicted octanol–water partition coefficient (Wildman–Crippen LogP) is 3.26. The number of carbonyl (C=O) groups is 2. The van der Waals surface area contributed by atoms with Crippen LogP contribution in [0.2, 0.25) is 0 Å². The largest absolute Gasteiger partial charge is 0.434 e. The first-order valence-corrected chi connectivity index (χ1v) is 8.39. The zero-order chi connectivity index (χ0) is 17.8. The van der Waals surface area contributed by atoms with E-state index in [0.717, 1.165) is 4.90 Å². The zero-order valence-corrected chi connectivity index (χ0v) is 13.7. The van der Waals surface area contributed by atoms with Gasteiger partial charge in [-0.25, -0.2) is 0 Å². The van der Waals surface area contributed by atoms with Crippen LogP contribution in [-0.2, 0) is 11.3 Å². The molecule has 0 saturated carbocycles. The van der Waals surface area contributed by atoms with Crippen LogP contribution in [0.25, 0.3) is 0 Å². The van der Waals surface area contributed by atoms with Crippen molar-refractivity contribution < 1.29 is 23.1 Å². The molecule has 5 nitrogen and oxygen atoms in total. The van der Waals surface area contributed by atoms with Crippen LogP contribution in [0.4, 0.5) is 14.5 Å². The summed E-state index contributed by atoms with van der Waals surface area (Å²) in [6.45, 7) is -2.89. The van der Waals surface area contributed by atoms with Gasteiger partial charge in [-0.15, -0.1) is 11.8 Å². The number of thioether (sulfide) groups is 1. The first kappa shape index (κ1) is 17.2. The molecule has 0 unspecified atom stereocenters. The van der Waals surface area contributed by atoms with Crippen molar-refractivity contribution in [2.45, 2.75) is 18.1 Å². The molecule has 2 amide bonds. The topological polar surface area (TPSA) is 67.4 Å². The number of amides is 2. The number of rotatable bonds is 5. The van der Waals surface area contributed by atoms with Gasteiger partial charge in [0.2, 0.25) is 5.91 Å². The highest BCUT2D eigenvalue weighted by Gasteiger charge is 2.17. The summed E-state index contributed by atoms with van der Waals surface area (Å²) in [7, 11) is 0. The van der Waals surface area contributed by atoms with Crippen molar-refractivity contribution in [2.24, 2.45) is 0 Å². The van der Waals surface area contributed by atoms with Crippen LogP contribution < -0.4 is 15.4 Å². The number of benzene rings is 2. The lowest BCUT2D eigenvalue weighted by molar-refractivity contribution is -0.113. The van der Waals surface area contributed by atoms with Crippen LogP contribution in [0.15, 0.2) is 47.4 Å². The fourth-order valence-corrected chi connectivity index (χ4v) is 3.15. The molecule has 3 rings (SSSR count). The summed E-state index contributed by atoms with van der Waals surface area (Å²) in [5, 5.41) is 5.38. The molecule has 2 aromatic rings. The minimum Gasteiger partial charge on any atom is -0.434 e. The number of hydrogen-bond acceptors (Lipinski definition) is 4. The van der Waals surface area contributed by atoms with Crippen LogP contribution in [0.1, 0.15) is 15.9 Å². The molecule has 1 aliphatic heterocycles. The number of carbonyl (C=O) groups excluding carboxylic acids is 2. The highest BCUT2D eigenvalue weighted by molar-refractivity contribution is 8.00. The van der Waals surface area contributed by atoms with Crippen LogP contribution in [0, 0.1) is 0 Å². The maximum atomic E-state index is 12.4. The van der Waals surface area contributed by atoms with Crippen molar-refractivity contribution in [1.29, 1.82) is 0 Å². The SMILES string of the molecule is O=C1CSc2ccc(C(=O)NCc3ccccc3OC(F)F)cc2N1. The van der Waals surface area contributed by atoms with Crippen molar-refractivity contribution in [3.63, 3.8) is 0 Å². The summed E-state index contributed by atoms with van der Waals surface area (Å²) >= 11 is 1.40. The molecule has 25 heavy (non-hydrogen) atoms. The average molecular weight is 364 g/mol. The maximum absolute atomic E-state index is 12.4. The van der Waals surface area contributed by atoms with E-state index in [0.29, 0.717) is 22.6 Å². The van der Waals surface area contributed by atoms with E-state index in [-0.39, 0.29) is 24.1 Å². The molecule has 0 saturated heterocycles. The summed E-state index contributed by atoms with van der Waals surface area (Å²) < 4.78 is 29.3. The van der Waals surface area contributed by atoms with Crippen molar-refractivity contribution in [2.75, 3.05) is 11.1 Å². The number of fused-ring (bicyclic) bond motifs is 1. The fourth-order valence-electron chi connectivity index (χ4n) is 2.36.